The van der Waals surface area contributed by atoms with Crippen LogP contribution in [0, 0.1) is 18.9 Å². The molecule has 1 aromatic carbocycles. The van der Waals surface area contributed by atoms with E-state index in [1.54, 1.807) is 0 Å². The Balaban J connectivity index is 0.00000112. The topological polar surface area (TPSA) is 43.1 Å². The van der Waals surface area contributed by atoms with Gasteiger partial charge in [0.1, 0.15) is 0 Å². The van der Waals surface area contributed by atoms with Crippen molar-refractivity contribution < 1.29 is 37.5 Å². The molecule has 1 atom stereocenters. The van der Waals surface area contributed by atoms with Crippen molar-refractivity contribution in [3.8, 4) is 0 Å². The molecular weight excluding hydrogens is 263 g/mol. The van der Waals surface area contributed by atoms with Crippen LogP contribution in [0.4, 0.5) is 0 Å². The molecule has 2 rings (SSSR count). The van der Waals surface area contributed by atoms with Gasteiger partial charge in [0.15, 0.2) is 0 Å². The van der Waals surface area contributed by atoms with Crippen molar-refractivity contribution in [1.82, 2.24) is 0 Å². The summed E-state index contributed by atoms with van der Waals surface area (Å²) in [4.78, 5) is 11.0. The van der Waals surface area contributed by atoms with E-state index in [4.69, 9.17) is 5.73 Å². The Kier molecular flexibility index (Phi) is 4.48. The van der Waals surface area contributed by atoms with Crippen LogP contribution >= 0.6 is 0 Å². The molecule has 0 fully saturated rings. The second kappa shape index (κ2) is 5.22. The fourth-order valence-corrected chi connectivity index (χ4v) is 2.05. The molecule has 1 aromatic rings. The molecule has 0 aliphatic heterocycles. The van der Waals surface area contributed by atoms with Gasteiger partial charge in [-0.1, -0.05) is 13.3 Å². The zero-order valence-corrected chi connectivity index (χ0v) is 11.8. The first-order valence-corrected chi connectivity index (χ1v) is 4.96. The summed E-state index contributed by atoms with van der Waals surface area (Å²) in [7, 11) is 0. The first-order valence-electron chi connectivity index (χ1n) is 4.96. The van der Waals surface area contributed by atoms with Crippen molar-refractivity contribution in [3.63, 3.8) is 0 Å². The number of benzene rings is 1. The number of hydrogen-bond acceptors (Lipinski definition) is 1. The van der Waals surface area contributed by atoms with Crippen LogP contribution in [-0.2, 0) is 50.3 Å². The number of fused-ring (bicyclic) bond motifs is 1. The van der Waals surface area contributed by atoms with E-state index in [1.807, 2.05) is 13.0 Å². The molecular formula is C12H14NOY-. The van der Waals surface area contributed by atoms with Crippen molar-refractivity contribution in [2.75, 3.05) is 0 Å². The number of hydrogen-bond donors (Lipinski definition) is 1. The van der Waals surface area contributed by atoms with E-state index in [0.717, 1.165) is 19.3 Å². The zero-order chi connectivity index (χ0) is 10.1. The Labute approximate surface area is 116 Å². The number of carbonyl (C=O) groups is 1. The summed E-state index contributed by atoms with van der Waals surface area (Å²) >= 11 is 0. The standard InChI is InChI=1S/C12H14NO.Y/c1-8-2-3-10-7-11(12(13)14)5-4-9(10)6-8;/h3,6,11H,4-5,7H2,1H3,(H2,13,14);/q-1;. The number of carbonyl (C=O) groups excluding carboxylic acids is 1. The molecule has 0 bridgehead atoms. The summed E-state index contributed by atoms with van der Waals surface area (Å²) in [5.41, 5.74) is 9.07. The van der Waals surface area contributed by atoms with Crippen LogP contribution in [0.2, 0.25) is 0 Å². The average molecular weight is 277 g/mol. The third-order valence-electron chi connectivity index (χ3n) is 2.91. The van der Waals surface area contributed by atoms with Crippen LogP contribution in [0.15, 0.2) is 12.1 Å². The quantitative estimate of drug-likeness (QED) is 0.774. The van der Waals surface area contributed by atoms with Crippen LogP contribution in [-0.4, -0.2) is 5.91 Å². The maximum absolute atomic E-state index is 11.0. The fourth-order valence-electron chi connectivity index (χ4n) is 2.05. The minimum atomic E-state index is -0.170. The minimum Gasteiger partial charge on any atom is -0.369 e. The van der Waals surface area contributed by atoms with E-state index >= 15 is 0 Å². The van der Waals surface area contributed by atoms with Gasteiger partial charge in [-0.05, 0) is 12.8 Å². The molecule has 0 saturated heterocycles. The molecule has 0 heterocycles. The van der Waals surface area contributed by atoms with Crippen molar-refractivity contribution in [2.24, 2.45) is 11.7 Å². The Morgan fingerprint density at radius 2 is 2.27 bits per heavy atom. The van der Waals surface area contributed by atoms with Crippen LogP contribution in [0.5, 0.6) is 0 Å². The Morgan fingerprint density at radius 1 is 1.53 bits per heavy atom. The van der Waals surface area contributed by atoms with E-state index in [9.17, 15) is 4.79 Å². The maximum Gasteiger partial charge on any atom is 0.219 e. The Hall–Kier alpha value is -0.206. The summed E-state index contributed by atoms with van der Waals surface area (Å²) in [5.74, 6) is -0.144. The summed E-state index contributed by atoms with van der Waals surface area (Å²) in [6.07, 6.45) is 2.66. The molecule has 1 aliphatic rings. The fraction of sp³-hybridized carbons (Fsp3) is 0.417. The third kappa shape index (κ3) is 2.88. The first-order chi connectivity index (χ1) is 6.66. The van der Waals surface area contributed by atoms with E-state index < -0.39 is 0 Å². The molecule has 15 heavy (non-hydrogen) atoms. The van der Waals surface area contributed by atoms with Gasteiger partial charge < -0.3 is 5.73 Å². The number of amides is 1. The van der Waals surface area contributed by atoms with Gasteiger partial charge in [0.25, 0.3) is 0 Å². The average Bonchev–Trinajstić information content (AvgIpc) is 2.16. The van der Waals surface area contributed by atoms with E-state index in [0.29, 0.717) is 0 Å². The molecule has 2 nitrogen and oxygen atoms in total. The summed E-state index contributed by atoms with van der Waals surface area (Å²) < 4.78 is 0. The second-order valence-electron chi connectivity index (χ2n) is 4.01. The number of aryl methyl sites for hydroxylation is 2. The largest absolute Gasteiger partial charge is 0.369 e. The molecule has 0 spiro atoms. The monoisotopic (exact) mass is 277 g/mol. The second-order valence-corrected chi connectivity index (χ2v) is 4.01. The van der Waals surface area contributed by atoms with Crippen LogP contribution < -0.4 is 5.73 Å². The minimum absolute atomic E-state index is 0. The van der Waals surface area contributed by atoms with Crippen LogP contribution in [0.1, 0.15) is 23.1 Å². The molecule has 1 aliphatic carbocycles. The molecule has 1 radical (unpaired) electrons. The predicted molar refractivity (Wildman–Crippen MR) is 54.7 cm³/mol. The summed E-state index contributed by atoms with van der Waals surface area (Å²) in [6.45, 7) is 2.04. The van der Waals surface area contributed by atoms with Crippen molar-refractivity contribution in [1.29, 1.82) is 0 Å². The van der Waals surface area contributed by atoms with Crippen molar-refractivity contribution >= 4 is 5.91 Å². The Bertz CT molecular complexity index is 376. The zero-order valence-electron chi connectivity index (χ0n) is 8.92. The maximum atomic E-state index is 11.0. The number of rotatable bonds is 1. The van der Waals surface area contributed by atoms with Crippen LogP contribution in [0.25, 0.3) is 0 Å². The van der Waals surface area contributed by atoms with Gasteiger partial charge in [-0.25, -0.2) is 0 Å². The van der Waals surface area contributed by atoms with Gasteiger partial charge in [0.05, 0.1) is 0 Å². The van der Waals surface area contributed by atoms with E-state index in [1.165, 1.54) is 16.7 Å². The van der Waals surface area contributed by atoms with Gasteiger partial charge in [-0.3, -0.25) is 4.79 Å². The summed E-state index contributed by atoms with van der Waals surface area (Å²) in [5, 5.41) is 0. The third-order valence-corrected chi connectivity index (χ3v) is 2.91. The first kappa shape index (κ1) is 12.9. The van der Waals surface area contributed by atoms with E-state index in [2.05, 4.69) is 12.1 Å². The summed E-state index contributed by atoms with van der Waals surface area (Å²) in [6, 6.07) is 7.33. The molecule has 1 unspecified atom stereocenters. The van der Waals surface area contributed by atoms with Gasteiger partial charge in [-0.2, -0.15) is 34.9 Å². The normalized spacial score (nSPS) is 18.9. The van der Waals surface area contributed by atoms with E-state index in [-0.39, 0.29) is 44.5 Å². The van der Waals surface area contributed by atoms with Crippen LogP contribution in [0.3, 0.4) is 0 Å². The van der Waals surface area contributed by atoms with Gasteiger partial charge in [0, 0.05) is 38.6 Å². The molecule has 77 valence electrons. The van der Waals surface area contributed by atoms with Crippen molar-refractivity contribution in [2.45, 2.75) is 26.2 Å². The molecule has 0 aromatic heterocycles. The van der Waals surface area contributed by atoms with Gasteiger partial charge in [0.2, 0.25) is 5.91 Å². The van der Waals surface area contributed by atoms with Gasteiger partial charge >= 0.3 is 0 Å². The predicted octanol–water partition coefficient (Wildman–Crippen LogP) is 1.38. The Morgan fingerprint density at radius 3 is 2.93 bits per heavy atom. The number of nitrogens with two attached hydrogens (primary N) is 1. The molecule has 0 saturated carbocycles. The smallest absolute Gasteiger partial charge is 0.219 e. The molecule has 3 heteroatoms. The number of primary amides is 1. The van der Waals surface area contributed by atoms with Crippen molar-refractivity contribution in [3.05, 3.63) is 34.9 Å². The SMILES string of the molecule is Cc1[c-]cc2c(c1)CCC(C(N)=O)C2.[Y]. The molecule has 1 amide bonds. The van der Waals surface area contributed by atoms with Gasteiger partial charge in [-0.15, -0.1) is 0 Å². The molecule has 2 N–H and O–H groups in total.